The molecular formula is C23H28F2N4O3. The summed E-state index contributed by atoms with van der Waals surface area (Å²) in [5, 5.41) is 6.68. The van der Waals surface area contributed by atoms with E-state index in [-0.39, 0.29) is 34.9 Å². The number of benzene rings is 1. The molecule has 1 saturated heterocycles. The first kappa shape index (κ1) is 22.4. The van der Waals surface area contributed by atoms with Crippen molar-refractivity contribution < 1.29 is 22.9 Å². The zero-order chi connectivity index (χ0) is 22.8. The fraction of sp³-hybridized carbons (Fsp3) is 0.522. The van der Waals surface area contributed by atoms with E-state index >= 15 is 0 Å². The Morgan fingerprint density at radius 1 is 1.16 bits per heavy atom. The first-order chi connectivity index (χ1) is 15.3. The van der Waals surface area contributed by atoms with Crippen molar-refractivity contribution in [3.8, 4) is 11.3 Å². The van der Waals surface area contributed by atoms with Gasteiger partial charge in [-0.1, -0.05) is 18.0 Å². The molecule has 0 spiro atoms. The fourth-order valence-electron chi connectivity index (χ4n) is 4.77. The number of aromatic nitrogens is 1. The molecule has 2 aliphatic rings. The zero-order valence-electron chi connectivity index (χ0n) is 18.3. The van der Waals surface area contributed by atoms with Gasteiger partial charge in [0.15, 0.2) is 11.5 Å². The van der Waals surface area contributed by atoms with Crippen molar-refractivity contribution in [1.29, 1.82) is 0 Å². The smallest absolute Gasteiger partial charge is 0.273 e. The number of hydrogen-bond donors (Lipinski definition) is 1. The molecule has 172 valence electrons. The van der Waals surface area contributed by atoms with Crippen molar-refractivity contribution in [1.82, 2.24) is 20.3 Å². The molecule has 2 atom stereocenters. The van der Waals surface area contributed by atoms with Crippen LogP contribution in [0.15, 0.2) is 28.8 Å². The van der Waals surface area contributed by atoms with Gasteiger partial charge in [0.05, 0.1) is 11.5 Å². The van der Waals surface area contributed by atoms with Gasteiger partial charge >= 0.3 is 0 Å². The van der Waals surface area contributed by atoms with Crippen LogP contribution in [0.5, 0.6) is 0 Å². The van der Waals surface area contributed by atoms with Crippen molar-refractivity contribution in [2.75, 3.05) is 27.2 Å². The molecule has 32 heavy (non-hydrogen) atoms. The number of piperidine rings is 1. The lowest BCUT2D eigenvalue weighted by Gasteiger charge is -2.41. The Labute approximate surface area is 185 Å². The third kappa shape index (κ3) is 4.67. The largest absolute Gasteiger partial charge is 0.355 e. The standard InChI is InChI=1S/C23H28F2N4O3/c1-28(2)23(31)17-13-29(15-5-3-4-6-15)10-9-19(17)26-22(30)20-12-21(32-27-20)16-8-7-14(24)11-18(16)25/h7-8,11-12,15,17,19H,3-6,9-10,13H2,1-2H3,(H,26,30). The Bertz CT molecular complexity index is 987. The topological polar surface area (TPSA) is 78.7 Å². The van der Waals surface area contributed by atoms with E-state index in [0.29, 0.717) is 19.0 Å². The number of hydrogen-bond acceptors (Lipinski definition) is 5. The lowest BCUT2D eigenvalue weighted by molar-refractivity contribution is -0.136. The lowest BCUT2D eigenvalue weighted by Crippen LogP contribution is -2.57. The van der Waals surface area contributed by atoms with Crippen LogP contribution >= 0.6 is 0 Å². The third-order valence-corrected chi connectivity index (χ3v) is 6.50. The van der Waals surface area contributed by atoms with Gasteiger partial charge in [0.25, 0.3) is 5.91 Å². The van der Waals surface area contributed by atoms with Gasteiger partial charge in [0.1, 0.15) is 11.6 Å². The van der Waals surface area contributed by atoms with Crippen LogP contribution in [0.25, 0.3) is 11.3 Å². The summed E-state index contributed by atoms with van der Waals surface area (Å²) in [5.41, 5.74) is 0.00137. The highest BCUT2D eigenvalue weighted by Crippen LogP contribution is 2.29. The number of nitrogens with zero attached hydrogens (tertiary/aromatic N) is 3. The molecule has 9 heteroatoms. The minimum Gasteiger partial charge on any atom is -0.355 e. The number of amides is 2. The molecule has 1 aliphatic carbocycles. The third-order valence-electron chi connectivity index (χ3n) is 6.50. The normalized spacial score (nSPS) is 22.1. The molecule has 0 bridgehead atoms. The molecule has 4 rings (SSSR count). The molecule has 1 saturated carbocycles. The molecule has 1 aromatic carbocycles. The lowest BCUT2D eigenvalue weighted by atomic mass is 9.89. The maximum Gasteiger partial charge on any atom is 0.273 e. The summed E-state index contributed by atoms with van der Waals surface area (Å²) in [4.78, 5) is 29.7. The van der Waals surface area contributed by atoms with Crippen molar-refractivity contribution in [2.24, 2.45) is 5.92 Å². The zero-order valence-corrected chi connectivity index (χ0v) is 18.3. The van der Waals surface area contributed by atoms with E-state index in [0.717, 1.165) is 31.5 Å². The van der Waals surface area contributed by atoms with Gasteiger partial charge in [-0.15, -0.1) is 0 Å². The molecule has 7 nitrogen and oxygen atoms in total. The second-order valence-corrected chi connectivity index (χ2v) is 8.84. The predicted octanol–water partition coefficient (Wildman–Crippen LogP) is 3.07. The summed E-state index contributed by atoms with van der Waals surface area (Å²) >= 11 is 0. The van der Waals surface area contributed by atoms with Crippen LogP contribution in [0.2, 0.25) is 0 Å². The SMILES string of the molecule is CN(C)C(=O)C1CN(C2CCCC2)CCC1NC(=O)c1cc(-c2ccc(F)cc2F)on1. The summed E-state index contributed by atoms with van der Waals surface area (Å²) < 4.78 is 32.3. The Balaban J connectivity index is 1.47. The van der Waals surface area contributed by atoms with E-state index in [4.69, 9.17) is 4.52 Å². The number of carbonyl (C=O) groups excluding carboxylic acids is 2. The molecule has 0 radical (unpaired) electrons. The Hall–Kier alpha value is -2.81. The van der Waals surface area contributed by atoms with Crippen LogP contribution in [-0.4, -0.2) is 66.0 Å². The van der Waals surface area contributed by atoms with Gasteiger partial charge in [-0.2, -0.15) is 0 Å². The highest BCUT2D eigenvalue weighted by Gasteiger charge is 2.39. The van der Waals surface area contributed by atoms with Crippen LogP contribution in [0, 0.1) is 17.6 Å². The van der Waals surface area contributed by atoms with Crippen molar-refractivity contribution in [3.05, 3.63) is 41.6 Å². The fourth-order valence-corrected chi connectivity index (χ4v) is 4.77. The Kier molecular flexibility index (Phi) is 6.55. The summed E-state index contributed by atoms with van der Waals surface area (Å²) in [6.07, 6.45) is 5.40. The van der Waals surface area contributed by atoms with Gasteiger partial charge < -0.3 is 14.7 Å². The molecule has 1 aromatic heterocycles. The van der Waals surface area contributed by atoms with Crippen LogP contribution < -0.4 is 5.32 Å². The first-order valence-electron chi connectivity index (χ1n) is 11.0. The molecule has 1 N–H and O–H groups in total. The van der Waals surface area contributed by atoms with Gasteiger partial charge in [-0.05, 0) is 31.4 Å². The van der Waals surface area contributed by atoms with E-state index in [1.807, 2.05) is 0 Å². The molecule has 1 aliphatic heterocycles. The predicted molar refractivity (Wildman–Crippen MR) is 114 cm³/mol. The second-order valence-electron chi connectivity index (χ2n) is 8.84. The van der Waals surface area contributed by atoms with E-state index in [2.05, 4.69) is 15.4 Å². The highest BCUT2D eigenvalue weighted by atomic mass is 19.1. The molecule has 2 aromatic rings. The summed E-state index contributed by atoms with van der Waals surface area (Å²) in [7, 11) is 3.44. The number of halogens is 2. The van der Waals surface area contributed by atoms with E-state index in [1.54, 1.807) is 19.0 Å². The van der Waals surface area contributed by atoms with Gasteiger partial charge in [-0.3, -0.25) is 14.5 Å². The van der Waals surface area contributed by atoms with Crippen molar-refractivity contribution in [2.45, 2.75) is 44.2 Å². The van der Waals surface area contributed by atoms with Crippen LogP contribution in [0.4, 0.5) is 8.78 Å². The van der Waals surface area contributed by atoms with E-state index < -0.39 is 17.5 Å². The molecule has 2 fully saturated rings. The van der Waals surface area contributed by atoms with E-state index in [1.165, 1.54) is 25.0 Å². The minimum atomic E-state index is -0.802. The van der Waals surface area contributed by atoms with Crippen LogP contribution in [0.3, 0.4) is 0 Å². The first-order valence-corrected chi connectivity index (χ1v) is 11.0. The van der Waals surface area contributed by atoms with E-state index in [9.17, 15) is 18.4 Å². The van der Waals surface area contributed by atoms with Crippen LogP contribution in [0.1, 0.15) is 42.6 Å². The van der Waals surface area contributed by atoms with Gasteiger partial charge in [0.2, 0.25) is 5.91 Å². The molecular weight excluding hydrogens is 418 g/mol. The number of likely N-dealkylation sites (tertiary alicyclic amines) is 1. The number of nitrogens with one attached hydrogen (secondary N) is 1. The summed E-state index contributed by atoms with van der Waals surface area (Å²) in [6, 6.07) is 4.58. The quantitative estimate of drug-likeness (QED) is 0.764. The monoisotopic (exact) mass is 446 g/mol. The minimum absolute atomic E-state index is 0.0157. The average Bonchev–Trinajstić information content (AvgIpc) is 3.46. The highest BCUT2D eigenvalue weighted by molar-refractivity contribution is 5.94. The maximum absolute atomic E-state index is 14.0. The average molecular weight is 446 g/mol. The van der Waals surface area contributed by atoms with Crippen LogP contribution in [-0.2, 0) is 4.79 Å². The van der Waals surface area contributed by atoms with Crippen molar-refractivity contribution in [3.63, 3.8) is 0 Å². The Morgan fingerprint density at radius 3 is 2.59 bits per heavy atom. The summed E-state index contributed by atoms with van der Waals surface area (Å²) in [6.45, 7) is 1.43. The van der Waals surface area contributed by atoms with Gasteiger partial charge in [-0.25, -0.2) is 8.78 Å². The number of carbonyl (C=O) groups is 2. The molecule has 2 unspecified atom stereocenters. The molecule has 2 heterocycles. The Morgan fingerprint density at radius 2 is 1.91 bits per heavy atom. The maximum atomic E-state index is 14.0. The van der Waals surface area contributed by atoms with Crippen molar-refractivity contribution >= 4 is 11.8 Å². The van der Waals surface area contributed by atoms with Gasteiger partial charge in [0, 0.05) is 51.4 Å². The second kappa shape index (κ2) is 9.36. The number of rotatable bonds is 5. The molecule has 2 amide bonds. The summed E-state index contributed by atoms with van der Waals surface area (Å²) in [5.74, 6) is -2.34.